The number of nitrogens with one attached hydrogen (secondary N) is 1. The maximum atomic E-state index is 10.7. The molecule has 0 radical (unpaired) electrons. The van der Waals surface area contributed by atoms with Gasteiger partial charge in [0.1, 0.15) is 0 Å². The Kier molecular flexibility index (Phi) is 3.03. The van der Waals surface area contributed by atoms with E-state index in [1.165, 1.54) is 22.3 Å². The molecule has 0 saturated heterocycles. The molecule has 0 amide bonds. The first-order chi connectivity index (χ1) is 9.65. The molecule has 2 N–H and O–H groups in total. The predicted octanol–water partition coefficient (Wildman–Crippen LogP) is 3.31. The maximum absolute atomic E-state index is 10.7. The molecule has 100 valence electrons. The molecule has 2 aromatic rings. The number of rotatable bonds is 4. The van der Waals surface area contributed by atoms with Gasteiger partial charge in [-0.2, -0.15) is 0 Å². The van der Waals surface area contributed by atoms with Crippen LogP contribution in [0.25, 0.3) is 11.1 Å². The standard InChI is InChI=1S/C17H15NO2/c1-11(17(19)20)10-18-14-6-7-16-13(9-14)8-12-4-2-3-5-15(12)16/h2-7,9,18H,1,8,10H2,(H,19,20). The Balaban J connectivity index is 1.81. The van der Waals surface area contributed by atoms with Gasteiger partial charge in [0, 0.05) is 17.8 Å². The average Bonchev–Trinajstić information content (AvgIpc) is 2.82. The van der Waals surface area contributed by atoms with Crippen molar-refractivity contribution in [2.75, 3.05) is 11.9 Å². The molecule has 0 fully saturated rings. The number of benzene rings is 2. The zero-order valence-corrected chi connectivity index (χ0v) is 11.0. The minimum Gasteiger partial charge on any atom is -0.478 e. The van der Waals surface area contributed by atoms with Gasteiger partial charge in [0.05, 0.1) is 0 Å². The normalized spacial score (nSPS) is 11.6. The highest BCUT2D eigenvalue weighted by molar-refractivity contribution is 5.87. The van der Waals surface area contributed by atoms with Gasteiger partial charge in [0.2, 0.25) is 0 Å². The van der Waals surface area contributed by atoms with Crippen LogP contribution in [0.15, 0.2) is 54.6 Å². The number of hydrogen-bond donors (Lipinski definition) is 2. The van der Waals surface area contributed by atoms with Crippen molar-refractivity contribution in [3.63, 3.8) is 0 Å². The lowest BCUT2D eigenvalue weighted by Crippen LogP contribution is -2.11. The summed E-state index contributed by atoms with van der Waals surface area (Å²) in [5, 5.41) is 11.9. The van der Waals surface area contributed by atoms with Crippen LogP contribution >= 0.6 is 0 Å². The lowest BCUT2D eigenvalue weighted by atomic mass is 10.1. The van der Waals surface area contributed by atoms with Gasteiger partial charge in [-0.15, -0.1) is 0 Å². The van der Waals surface area contributed by atoms with Crippen LogP contribution in [0, 0.1) is 0 Å². The van der Waals surface area contributed by atoms with Gasteiger partial charge in [-0.25, -0.2) is 4.79 Å². The molecule has 0 aromatic heterocycles. The molecule has 0 atom stereocenters. The smallest absolute Gasteiger partial charge is 0.332 e. The zero-order chi connectivity index (χ0) is 14.1. The molecular weight excluding hydrogens is 250 g/mol. The molecule has 20 heavy (non-hydrogen) atoms. The number of carboxylic acids is 1. The summed E-state index contributed by atoms with van der Waals surface area (Å²) in [5.41, 5.74) is 6.27. The minimum atomic E-state index is -0.967. The number of aliphatic carboxylic acids is 1. The van der Waals surface area contributed by atoms with E-state index in [4.69, 9.17) is 5.11 Å². The predicted molar refractivity (Wildman–Crippen MR) is 79.9 cm³/mol. The van der Waals surface area contributed by atoms with Crippen LogP contribution < -0.4 is 5.32 Å². The lowest BCUT2D eigenvalue weighted by molar-refractivity contribution is -0.132. The Morgan fingerprint density at radius 3 is 2.70 bits per heavy atom. The Labute approximate surface area is 117 Å². The van der Waals surface area contributed by atoms with Crippen molar-refractivity contribution < 1.29 is 9.90 Å². The Morgan fingerprint density at radius 1 is 1.15 bits per heavy atom. The summed E-state index contributed by atoms with van der Waals surface area (Å²) >= 11 is 0. The molecule has 1 aliphatic rings. The first kappa shape index (κ1) is 12.5. The quantitative estimate of drug-likeness (QED) is 0.711. The highest BCUT2D eigenvalue weighted by Gasteiger charge is 2.17. The molecule has 0 unspecified atom stereocenters. The van der Waals surface area contributed by atoms with Crippen molar-refractivity contribution in [1.82, 2.24) is 0 Å². The average molecular weight is 265 g/mol. The van der Waals surface area contributed by atoms with Crippen LogP contribution in [0.4, 0.5) is 5.69 Å². The summed E-state index contributed by atoms with van der Waals surface area (Å²) in [5.74, 6) is -0.967. The van der Waals surface area contributed by atoms with E-state index in [9.17, 15) is 4.79 Å². The van der Waals surface area contributed by atoms with Gasteiger partial charge in [0.25, 0.3) is 0 Å². The fourth-order valence-electron chi connectivity index (χ4n) is 2.54. The summed E-state index contributed by atoms with van der Waals surface area (Å²) in [6, 6.07) is 14.6. The minimum absolute atomic E-state index is 0.161. The zero-order valence-electron chi connectivity index (χ0n) is 11.0. The first-order valence-electron chi connectivity index (χ1n) is 6.51. The second kappa shape index (κ2) is 4.85. The van der Waals surface area contributed by atoms with E-state index in [0.717, 1.165) is 12.1 Å². The van der Waals surface area contributed by atoms with E-state index in [1.807, 2.05) is 6.07 Å². The van der Waals surface area contributed by atoms with Gasteiger partial charge in [-0.1, -0.05) is 36.9 Å². The maximum Gasteiger partial charge on any atom is 0.332 e. The molecule has 3 nitrogen and oxygen atoms in total. The second-order valence-corrected chi connectivity index (χ2v) is 4.97. The fourth-order valence-corrected chi connectivity index (χ4v) is 2.54. The lowest BCUT2D eigenvalue weighted by Gasteiger charge is -2.08. The third kappa shape index (κ3) is 2.18. The number of fused-ring (bicyclic) bond motifs is 3. The Bertz CT molecular complexity index is 704. The van der Waals surface area contributed by atoms with Crippen molar-refractivity contribution >= 4 is 11.7 Å². The summed E-state index contributed by atoms with van der Waals surface area (Å²) in [6.07, 6.45) is 0.931. The monoisotopic (exact) mass is 265 g/mol. The van der Waals surface area contributed by atoms with Crippen LogP contribution in [0.2, 0.25) is 0 Å². The summed E-state index contributed by atoms with van der Waals surface area (Å²) in [4.78, 5) is 10.7. The third-order valence-corrected chi connectivity index (χ3v) is 3.60. The molecule has 0 aliphatic heterocycles. The van der Waals surface area contributed by atoms with E-state index in [-0.39, 0.29) is 12.1 Å². The van der Waals surface area contributed by atoms with Crippen molar-refractivity contribution in [3.05, 3.63) is 65.7 Å². The van der Waals surface area contributed by atoms with Crippen molar-refractivity contribution in [1.29, 1.82) is 0 Å². The SMILES string of the molecule is C=C(CNc1ccc2c(c1)Cc1ccccc1-2)C(=O)O. The molecule has 0 heterocycles. The molecule has 0 saturated carbocycles. The number of hydrogen-bond acceptors (Lipinski definition) is 2. The molecule has 3 rings (SSSR count). The number of carbonyl (C=O) groups is 1. The number of carboxylic acid groups (broad SMARTS) is 1. The van der Waals surface area contributed by atoms with Crippen LogP contribution in [0.3, 0.4) is 0 Å². The van der Waals surface area contributed by atoms with Crippen molar-refractivity contribution in [3.8, 4) is 11.1 Å². The molecule has 0 spiro atoms. The first-order valence-corrected chi connectivity index (χ1v) is 6.51. The Hall–Kier alpha value is -2.55. The molecule has 2 aromatic carbocycles. The van der Waals surface area contributed by atoms with Crippen LogP contribution in [-0.4, -0.2) is 17.6 Å². The molecule has 3 heteroatoms. The van der Waals surface area contributed by atoms with Gasteiger partial charge in [0.15, 0.2) is 0 Å². The fraction of sp³-hybridized carbons (Fsp3) is 0.118. The molecular formula is C17H15NO2. The van der Waals surface area contributed by atoms with Gasteiger partial charge >= 0.3 is 5.97 Å². The van der Waals surface area contributed by atoms with Gasteiger partial charge in [-0.05, 0) is 40.8 Å². The largest absolute Gasteiger partial charge is 0.478 e. The topological polar surface area (TPSA) is 49.3 Å². The number of anilines is 1. The van der Waals surface area contributed by atoms with E-state index < -0.39 is 5.97 Å². The van der Waals surface area contributed by atoms with Crippen molar-refractivity contribution in [2.24, 2.45) is 0 Å². The summed E-state index contributed by atoms with van der Waals surface area (Å²) < 4.78 is 0. The third-order valence-electron chi connectivity index (χ3n) is 3.60. The van der Waals surface area contributed by atoms with Gasteiger partial charge in [-0.3, -0.25) is 0 Å². The Morgan fingerprint density at radius 2 is 1.90 bits per heavy atom. The van der Waals surface area contributed by atoms with E-state index in [2.05, 4.69) is 48.3 Å². The van der Waals surface area contributed by atoms with Crippen molar-refractivity contribution in [2.45, 2.75) is 6.42 Å². The van der Waals surface area contributed by atoms with Crippen LogP contribution in [0.5, 0.6) is 0 Å². The summed E-state index contributed by atoms with van der Waals surface area (Å²) in [7, 11) is 0. The van der Waals surface area contributed by atoms with E-state index in [0.29, 0.717) is 0 Å². The van der Waals surface area contributed by atoms with Crippen LogP contribution in [-0.2, 0) is 11.2 Å². The van der Waals surface area contributed by atoms with Gasteiger partial charge < -0.3 is 10.4 Å². The summed E-state index contributed by atoms with van der Waals surface area (Å²) in [6.45, 7) is 3.76. The molecule has 1 aliphatic carbocycles. The second-order valence-electron chi connectivity index (χ2n) is 4.97. The van der Waals surface area contributed by atoms with E-state index in [1.54, 1.807) is 0 Å². The highest BCUT2D eigenvalue weighted by Crippen LogP contribution is 2.37. The molecule has 0 bridgehead atoms. The van der Waals surface area contributed by atoms with Crippen LogP contribution in [0.1, 0.15) is 11.1 Å². The van der Waals surface area contributed by atoms with E-state index >= 15 is 0 Å². The highest BCUT2D eigenvalue weighted by atomic mass is 16.4.